The molecule has 0 N–H and O–H groups in total. The van der Waals surface area contributed by atoms with Gasteiger partial charge < -0.3 is 4.90 Å². The molecule has 1 amide bonds. The van der Waals surface area contributed by atoms with Crippen molar-refractivity contribution in [2.75, 3.05) is 37.8 Å². The van der Waals surface area contributed by atoms with Gasteiger partial charge in [0.15, 0.2) is 15.0 Å². The minimum absolute atomic E-state index is 0.0579. The summed E-state index contributed by atoms with van der Waals surface area (Å²) in [4.78, 5) is 22.1. The summed E-state index contributed by atoms with van der Waals surface area (Å²) in [5.74, 6) is -0.392. The lowest BCUT2D eigenvalue weighted by Gasteiger charge is -2.22. The number of amides is 1. The van der Waals surface area contributed by atoms with Gasteiger partial charge in [-0.2, -0.15) is 0 Å². The lowest BCUT2D eigenvalue weighted by molar-refractivity contribution is 0.0983. The third kappa shape index (κ3) is 5.14. The lowest BCUT2D eigenvalue weighted by Crippen LogP contribution is -2.34. The Morgan fingerprint density at radius 2 is 1.74 bits per heavy atom. The number of nitrogens with zero attached hydrogens (tertiary/aromatic N) is 3. The molecule has 6 nitrogen and oxygen atoms in total. The van der Waals surface area contributed by atoms with E-state index in [0.717, 1.165) is 28.7 Å². The zero-order chi connectivity index (χ0) is 22.8. The molecule has 0 fully saturated rings. The van der Waals surface area contributed by atoms with Gasteiger partial charge in [-0.15, -0.1) is 0 Å². The molecule has 0 aliphatic rings. The van der Waals surface area contributed by atoms with Gasteiger partial charge in [0.25, 0.3) is 5.91 Å². The third-order valence-electron chi connectivity index (χ3n) is 5.29. The van der Waals surface area contributed by atoms with E-state index < -0.39 is 9.84 Å². The van der Waals surface area contributed by atoms with Crippen LogP contribution in [0, 0.1) is 13.8 Å². The van der Waals surface area contributed by atoms with Gasteiger partial charge in [-0.05, 0) is 76.3 Å². The zero-order valence-corrected chi connectivity index (χ0v) is 20.3. The summed E-state index contributed by atoms with van der Waals surface area (Å²) in [5.41, 5.74) is 3.37. The van der Waals surface area contributed by atoms with Crippen LogP contribution in [-0.2, 0) is 9.84 Å². The van der Waals surface area contributed by atoms with E-state index in [0.29, 0.717) is 11.7 Å². The highest BCUT2D eigenvalue weighted by molar-refractivity contribution is 7.91. The van der Waals surface area contributed by atoms with Crippen molar-refractivity contribution < 1.29 is 13.2 Å². The molecule has 0 aliphatic heterocycles. The average molecular weight is 460 g/mol. The van der Waals surface area contributed by atoms with Gasteiger partial charge in [0, 0.05) is 6.54 Å². The molecule has 0 spiro atoms. The molecule has 1 heterocycles. The number of carbonyl (C=O) groups excluding carboxylic acids is 1. The molecule has 0 saturated carbocycles. The fraction of sp³-hybridized carbons (Fsp3) is 0.391. The molecule has 8 heteroatoms. The Hall–Kier alpha value is -2.29. The number of anilines is 1. The number of rotatable bonds is 8. The Balaban J connectivity index is 2.07. The summed E-state index contributed by atoms with van der Waals surface area (Å²) >= 11 is 1.46. The molecule has 31 heavy (non-hydrogen) atoms. The topological polar surface area (TPSA) is 70.6 Å². The van der Waals surface area contributed by atoms with Crippen LogP contribution in [0.4, 0.5) is 5.13 Å². The van der Waals surface area contributed by atoms with E-state index in [1.165, 1.54) is 23.0 Å². The van der Waals surface area contributed by atoms with E-state index in [9.17, 15) is 13.2 Å². The number of benzene rings is 2. The molecular formula is C23H29N3O3S2. The molecule has 0 saturated heterocycles. The van der Waals surface area contributed by atoms with Crippen LogP contribution in [0.15, 0.2) is 41.3 Å². The number of aromatic nitrogens is 1. The minimum Gasteiger partial charge on any atom is -0.309 e. The molecule has 3 rings (SSSR count). The zero-order valence-electron chi connectivity index (χ0n) is 18.7. The maximum absolute atomic E-state index is 13.6. The van der Waals surface area contributed by atoms with Gasteiger partial charge in [0.05, 0.1) is 26.4 Å². The lowest BCUT2D eigenvalue weighted by atomic mass is 10.1. The number of fused-ring (bicyclic) bond motifs is 1. The smallest absolute Gasteiger partial charge is 0.261 e. The van der Waals surface area contributed by atoms with E-state index >= 15 is 0 Å². The molecular weight excluding hydrogens is 430 g/mol. The van der Waals surface area contributed by atoms with Crippen LogP contribution >= 0.6 is 11.3 Å². The molecule has 2 aromatic carbocycles. The highest BCUT2D eigenvalue weighted by Gasteiger charge is 2.27. The second-order valence-electron chi connectivity index (χ2n) is 7.91. The molecule has 1 aromatic heterocycles. The van der Waals surface area contributed by atoms with Crippen LogP contribution in [0.1, 0.15) is 34.8 Å². The normalized spacial score (nSPS) is 11.9. The Kier molecular flexibility index (Phi) is 7.13. The van der Waals surface area contributed by atoms with Crippen LogP contribution in [0.5, 0.6) is 0 Å². The molecule has 0 bridgehead atoms. The largest absolute Gasteiger partial charge is 0.309 e. The van der Waals surface area contributed by atoms with Gasteiger partial charge >= 0.3 is 0 Å². The Bertz CT molecular complexity index is 1160. The first-order chi connectivity index (χ1) is 14.6. The Labute approximate surface area is 188 Å². The molecule has 3 aromatic rings. The summed E-state index contributed by atoms with van der Waals surface area (Å²) in [6, 6.07) is 10.6. The van der Waals surface area contributed by atoms with E-state index in [2.05, 4.69) is 17.9 Å². The van der Waals surface area contributed by atoms with Crippen LogP contribution in [0.3, 0.4) is 0 Å². The van der Waals surface area contributed by atoms with Crippen molar-refractivity contribution in [3.8, 4) is 0 Å². The second-order valence-corrected chi connectivity index (χ2v) is 11.2. The summed E-state index contributed by atoms with van der Waals surface area (Å²) < 4.78 is 26.2. The van der Waals surface area contributed by atoms with E-state index in [-0.39, 0.29) is 22.1 Å². The van der Waals surface area contributed by atoms with E-state index in [4.69, 9.17) is 4.98 Å². The van der Waals surface area contributed by atoms with E-state index in [1.807, 2.05) is 27.1 Å². The van der Waals surface area contributed by atoms with Gasteiger partial charge in [0.1, 0.15) is 0 Å². The van der Waals surface area contributed by atoms with Gasteiger partial charge in [-0.1, -0.05) is 30.4 Å². The highest BCUT2D eigenvalue weighted by atomic mass is 32.2. The van der Waals surface area contributed by atoms with Crippen molar-refractivity contribution in [2.24, 2.45) is 0 Å². The number of thiazole rings is 1. The predicted molar refractivity (Wildman–Crippen MR) is 128 cm³/mol. The molecule has 0 atom stereocenters. The first-order valence-corrected chi connectivity index (χ1v) is 12.8. The van der Waals surface area contributed by atoms with Crippen molar-refractivity contribution in [1.82, 2.24) is 9.88 Å². The molecule has 166 valence electrons. The summed E-state index contributed by atoms with van der Waals surface area (Å²) in [7, 11) is 0.437. The minimum atomic E-state index is -3.53. The first-order valence-electron chi connectivity index (χ1n) is 10.3. The first kappa shape index (κ1) is 23.4. The number of carbonyl (C=O) groups is 1. The molecule has 0 radical (unpaired) electrons. The quantitative estimate of drug-likeness (QED) is 0.502. The number of hydrogen-bond acceptors (Lipinski definition) is 6. The van der Waals surface area contributed by atoms with Gasteiger partial charge in [-0.3, -0.25) is 9.69 Å². The van der Waals surface area contributed by atoms with Crippen molar-refractivity contribution in [2.45, 2.75) is 32.1 Å². The average Bonchev–Trinajstić information content (AvgIpc) is 3.13. The van der Waals surface area contributed by atoms with Crippen LogP contribution < -0.4 is 4.90 Å². The fourth-order valence-electron chi connectivity index (χ4n) is 3.33. The number of aryl methyl sites for hydroxylation is 2. The second kappa shape index (κ2) is 9.46. The Morgan fingerprint density at radius 3 is 2.42 bits per heavy atom. The maximum Gasteiger partial charge on any atom is 0.261 e. The third-order valence-corrected chi connectivity index (χ3v) is 8.12. The predicted octanol–water partition coefficient (Wildman–Crippen LogP) is 4.31. The van der Waals surface area contributed by atoms with Crippen molar-refractivity contribution in [3.63, 3.8) is 0 Å². The maximum atomic E-state index is 13.6. The Morgan fingerprint density at radius 1 is 1.06 bits per heavy atom. The van der Waals surface area contributed by atoms with Crippen LogP contribution in [-0.4, -0.2) is 57.1 Å². The summed E-state index contributed by atoms with van der Waals surface area (Å²) in [6.07, 6.45) is 0.745. The van der Waals surface area contributed by atoms with Gasteiger partial charge in [-0.25, -0.2) is 13.4 Å². The fourth-order valence-corrected chi connectivity index (χ4v) is 5.49. The molecule has 0 aliphatic carbocycles. The SMILES string of the molecule is CCS(=O)(=O)c1ccccc1C(=O)N(CCCN(C)C)c1nc2cc(C)c(C)cc2s1. The standard InChI is InChI=1S/C23H29N3O3S2/c1-6-31(28,29)21-11-8-7-10-18(21)22(27)26(13-9-12-25(4)5)23-24-19-14-16(2)17(3)15-20(19)30-23/h7-8,10-11,14-15H,6,9,12-13H2,1-5H3. The number of sulfone groups is 1. The monoisotopic (exact) mass is 459 g/mol. The van der Waals surface area contributed by atoms with Crippen molar-refractivity contribution in [3.05, 3.63) is 53.1 Å². The van der Waals surface area contributed by atoms with Crippen molar-refractivity contribution in [1.29, 1.82) is 0 Å². The van der Waals surface area contributed by atoms with Crippen LogP contribution in [0.25, 0.3) is 10.2 Å². The highest BCUT2D eigenvalue weighted by Crippen LogP contribution is 2.32. The summed E-state index contributed by atoms with van der Waals surface area (Å²) in [6.45, 7) is 6.94. The molecule has 0 unspecified atom stereocenters. The van der Waals surface area contributed by atoms with Crippen molar-refractivity contribution >= 4 is 42.4 Å². The van der Waals surface area contributed by atoms with Crippen LogP contribution in [0.2, 0.25) is 0 Å². The summed E-state index contributed by atoms with van der Waals surface area (Å²) in [5, 5.41) is 0.590. The number of hydrogen-bond donors (Lipinski definition) is 0. The van der Waals surface area contributed by atoms with E-state index in [1.54, 1.807) is 30.0 Å². The van der Waals surface area contributed by atoms with Gasteiger partial charge in [0.2, 0.25) is 0 Å².